The van der Waals surface area contributed by atoms with E-state index in [0.29, 0.717) is 17.4 Å². The van der Waals surface area contributed by atoms with Crippen molar-refractivity contribution in [2.24, 2.45) is 7.05 Å². The second-order valence-electron chi connectivity index (χ2n) is 7.32. The van der Waals surface area contributed by atoms with Gasteiger partial charge in [-0.2, -0.15) is 0 Å². The zero-order valence-electron chi connectivity index (χ0n) is 16.8. The van der Waals surface area contributed by atoms with Crippen LogP contribution in [0.15, 0.2) is 72.9 Å². The van der Waals surface area contributed by atoms with Crippen molar-refractivity contribution >= 4 is 45.0 Å². The number of ether oxygens (including phenoxy) is 1. The number of hydrogen-bond donors (Lipinski definition) is 2. The number of fused-ring (bicyclic) bond motifs is 2. The minimum atomic E-state index is 0.555. The average Bonchev–Trinajstić information content (AvgIpc) is 3.08. The van der Waals surface area contributed by atoms with E-state index in [2.05, 4.69) is 15.3 Å². The lowest BCUT2D eigenvalue weighted by Crippen LogP contribution is -2.05. The molecule has 154 valence electrons. The van der Waals surface area contributed by atoms with Gasteiger partial charge in [-0.15, -0.1) is 0 Å². The summed E-state index contributed by atoms with van der Waals surface area (Å²) in [5.74, 6) is 2.07. The van der Waals surface area contributed by atoms with Gasteiger partial charge in [-0.1, -0.05) is 23.7 Å². The molecule has 2 aromatic heterocycles. The Morgan fingerprint density at radius 3 is 2.71 bits per heavy atom. The second kappa shape index (κ2) is 7.81. The molecule has 0 saturated heterocycles. The predicted molar refractivity (Wildman–Crippen MR) is 126 cm³/mol. The van der Waals surface area contributed by atoms with Crippen LogP contribution < -0.4 is 15.8 Å². The standard InChI is InChI=1S/C24H20ClN5O/c1-30-22-13-18(26)5-9-21(22)29-24(30)28-14-15-2-6-19(7-3-15)31-23-20-8-4-17(25)12-16(20)10-11-27-23/h2-13H,14,26H2,1H3,(H,28,29). The Hall–Kier alpha value is -3.77. The molecule has 31 heavy (non-hydrogen) atoms. The molecule has 5 aromatic rings. The van der Waals surface area contributed by atoms with Crippen molar-refractivity contribution in [1.82, 2.24) is 14.5 Å². The van der Waals surface area contributed by atoms with Crippen molar-refractivity contribution in [3.05, 3.63) is 83.5 Å². The average molecular weight is 430 g/mol. The molecule has 3 aromatic carbocycles. The lowest BCUT2D eigenvalue weighted by Gasteiger charge is -2.10. The number of rotatable bonds is 5. The van der Waals surface area contributed by atoms with Gasteiger partial charge in [0.25, 0.3) is 0 Å². The van der Waals surface area contributed by atoms with E-state index in [1.165, 1.54) is 0 Å². The number of hydrogen-bond acceptors (Lipinski definition) is 5. The number of aromatic nitrogens is 3. The van der Waals surface area contributed by atoms with E-state index in [0.717, 1.165) is 44.8 Å². The third-order valence-electron chi connectivity index (χ3n) is 5.18. The van der Waals surface area contributed by atoms with Crippen LogP contribution in [0.25, 0.3) is 21.8 Å². The summed E-state index contributed by atoms with van der Waals surface area (Å²) in [5.41, 5.74) is 9.63. The normalized spacial score (nSPS) is 11.2. The van der Waals surface area contributed by atoms with Crippen LogP contribution in [0.5, 0.6) is 11.6 Å². The number of pyridine rings is 1. The molecule has 2 heterocycles. The topological polar surface area (TPSA) is 78.0 Å². The van der Waals surface area contributed by atoms with Gasteiger partial charge in [0.15, 0.2) is 0 Å². The Morgan fingerprint density at radius 2 is 1.87 bits per heavy atom. The highest BCUT2D eigenvalue weighted by molar-refractivity contribution is 6.31. The maximum Gasteiger partial charge on any atom is 0.227 e. The van der Waals surface area contributed by atoms with Crippen LogP contribution in [-0.4, -0.2) is 14.5 Å². The van der Waals surface area contributed by atoms with Gasteiger partial charge in [0.05, 0.1) is 11.0 Å². The van der Waals surface area contributed by atoms with E-state index in [1.54, 1.807) is 6.20 Å². The minimum Gasteiger partial charge on any atom is -0.438 e. The first-order valence-corrected chi connectivity index (χ1v) is 10.2. The molecule has 7 heteroatoms. The number of halogens is 1. The monoisotopic (exact) mass is 429 g/mol. The maximum absolute atomic E-state index is 6.08. The summed E-state index contributed by atoms with van der Waals surface area (Å²) in [6.07, 6.45) is 1.72. The molecule has 0 aliphatic rings. The van der Waals surface area contributed by atoms with Crippen LogP contribution in [0.1, 0.15) is 5.56 Å². The van der Waals surface area contributed by atoms with Gasteiger partial charge in [-0.25, -0.2) is 9.97 Å². The van der Waals surface area contributed by atoms with Gasteiger partial charge >= 0.3 is 0 Å². The quantitative estimate of drug-likeness (QED) is 0.347. The Kier molecular flexibility index (Phi) is 4.84. The van der Waals surface area contributed by atoms with E-state index in [9.17, 15) is 0 Å². The van der Waals surface area contributed by atoms with Crippen LogP contribution in [0, 0.1) is 0 Å². The molecule has 0 bridgehead atoms. The Morgan fingerprint density at radius 1 is 1.03 bits per heavy atom. The van der Waals surface area contributed by atoms with Gasteiger partial charge < -0.3 is 20.4 Å². The number of nitrogens with one attached hydrogen (secondary N) is 1. The smallest absolute Gasteiger partial charge is 0.227 e. The van der Waals surface area contributed by atoms with Crippen molar-refractivity contribution in [2.75, 3.05) is 11.1 Å². The Labute approximate surface area is 184 Å². The molecule has 5 rings (SSSR count). The van der Waals surface area contributed by atoms with E-state index < -0.39 is 0 Å². The molecular weight excluding hydrogens is 410 g/mol. The largest absolute Gasteiger partial charge is 0.438 e. The molecule has 6 nitrogen and oxygen atoms in total. The second-order valence-corrected chi connectivity index (χ2v) is 7.76. The van der Waals surface area contributed by atoms with Gasteiger partial charge in [-0.05, 0) is 65.5 Å². The van der Waals surface area contributed by atoms with Crippen LogP contribution in [-0.2, 0) is 13.6 Å². The molecule has 0 atom stereocenters. The number of imidazole rings is 1. The number of anilines is 2. The van der Waals surface area contributed by atoms with E-state index in [-0.39, 0.29) is 0 Å². The Bertz CT molecular complexity index is 1400. The number of nitrogens with zero attached hydrogens (tertiary/aromatic N) is 3. The third kappa shape index (κ3) is 3.85. The van der Waals surface area contributed by atoms with Crippen LogP contribution in [0.3, 0.4) is 0 Å². The Balaban J connectivity index is 1.30. The number of nitrogens with two attached hydrogens (primary N) is 1. The molecular formula is C24H20ClN5O. The van der Waals surface area contributed by atoms with E-state index >= 15 is 0 Å². The van der Waals surface area contributed by atoms with Crippen LogP contribution >= 0.6 is 11.6 Å². The first kappa shape index (κ1) is 19.2. The lowest BCUT2D eigenvalue weighted by molar-refractivity contribution is 0.469. The molecule has 0 saturated carbocycles. The molecule has 0 amide bonds. The van der Waals surface area contributed by atoms with Gasteiger partial charge in [0.1, 0.15) is 5.75 Å². The molecule has 0 aliphatic carbocycles. The van der Waals surface area contributed by atoms with Crippen molar-refractivity contribution in [3.8, 4) is 11.6 Å². The highest BCUT2D eigenvalue weighted by atomic mass is 35.5. The first-order chi connectivity index (χ1) is 15.1. The summed E-state index contributed by atoms with van der Waals surface area (Å²) in [7, 11) is 1.97. The van der Waals surface area contributed by atoms with Crippen molar-refractivity contribution in [3.63, 3.8) is 0 Å². The highest BCUT2D eigenvalue weighted by Crippen LogP contribution is 2.29. The molecule has 3 N–H and O–H groups in total. The van der Waals surface area contributed by atoms with Gasteiger partial charge in [0, 0.05) is 35.9 Å². The van der Waals surface area contributed by atoms with Crippen molar-refractivity contribution in [1.29, 1.82) is 0 Å². The predicted octanol–water partition coefficient (Wildman–Crippen LogP) is 5.76. The molecule has 0 aliphatic heterocycles. The molecule has 0 spiro atoms. The molecule has 0 unspecified atom stereocenters. The highest BCUT2D eigenvalue weighted by Gasteiger charge is 2.09. The summed E-state index contributed by atoms with van der Waals surface area (Å²) < 4.78 is 8.02. The van der Waals surface area contributed by atoms with E-state index in [4.69, 9.17) is 22.1 Å². The maximum atomic E-state index is 6.08. The zero-order valence-corrected chi connectivity index (χ0v) is 17.6. The summed E-state index contributed by atoms with van der Waals surface area (Å²) in [5, 5.41) is 5.97. The number of benzene rings is 3. The SMILES string of the molecule is Cn1c(NCc2ccc(Oc3nccc4cc(Cl)ccc34)cc2)nc2ccc(N)cc21. The number of nitrogen functional groups attached to an aromatic ring is 1. The van der Waals surface area contributed by atoms with E-state index in [1.807, 2.05) is 78.3 Å². The summed E-state index contributed by atoms with van der Waals surface area (Å²) in [4.78, 5) is 9.00. The van der Waals surface area contributed by atoms with Crippen molar-refractivity contribution < 1.29 is 4.74 Å². The minimum absolute atomic E-state index is 0.555. The summed E-state index contributed by atoms with van der Waals surface area (Å²) >= 11 is 6.08. The van der Waals surface area contributed by atoms with Crippen LogP contribution in [0.4, 0.5) is 11.6 Å². The fourth-order valence-corrected chi connectivity index (χ4v) is 3.72. The first-order valence-electron chi connectivity index (χ1n) is 9.84. The zero-order chi connectivity index (χ0) is 21.4. The lowest BCUT2D eigenvalue weighted by atomic mass is 10.2. The summed E-state index contributed by atoms with van der Waals surface area (Å²) in [6, 6.07) is 21.2. The van der Waals surface area contributed by atoms with Crippen molar-refractivity contribution in [2.45, 2.75) is 6.54 Å². The molecule has 0 fully saturated rings. The van der Waals surface area contributed by atoms with Crippen LogP contribution in [0.2, 0.25) is 5.02 Å². The third-order valence-corrected chi connectivity index (χ3v) is 5.42. The van der Waals surface area contributed by atoms with Gasteiger partial charge in [0.2, 0.25) is 11.8 Å². The summed E-state index contributed by atoms with van der Waals surface area (Å²) in [6.45, 7) is 0.637. The number of aryl methyl sites for hydroxylation is 1. The van der Waals surface area contributed by atoms with Gasteiger partial charge in [-0.3, -0.25) is 0 Å². The fraction of sp³-hybridized carbons (Fsp3) is 0.0833. The molecule has 0 radical (unpaired) electrons. The fourth-order valence-electron chi connectivity index (χ4n) is 3.54.